The minimum absolute atomic E-state index is 0.314. The van der Waals surface area contributed by atoms with E-state index in [0.717, 1.165) is 24.4 Å². The number of amides is 4. The van der Waals surface area contributed by atoms with Crippen LogP contribution in [0.2, 0.25) is 0 Å². The summed E-state index contributed by atoms with van der Waals surface area (Å²) in [4.78, 5) is 41.5. The van der Waals surface area contributed by atoms with Crippen molar-refractivity contribution in [1.82, 2.24) is 5.32 Å². The van der Waals surface area contributed by atoms with E-state index in [1.54, 1.807) is 24.3 Å². The van der Waals surface area contributed by atoms with Crippen LogP contribution in [-0.2, 0) is 15.8 Å². The molecule has 1 saturated heterocycles. The lowest BCUT2D eigenvalue weighted by molar-refractivity contribution is -0.138. The highest BCUT2D eigenvalue weighted by Crippen LogP contribution is 2.32. The van der Waals surface area contributed by atoms with E-state index in [0.29, 0.717) is 22.4 Å². The largest absolute Gasteiger partial charge is 0.494 e. The van der Waals surface area contributed by atoms with Crippen molar-refractivity contribution < 1.29 is 32.3 Å². The average Bonchev–Trinajstić information content (AvgIpc) is 2.67. The Bertz CT molecular complexity index is 1000. The predicted molar refractivity (Wildman–Crippen MR) is 97.1 cm³/mol. The Balaban J connectivity index is 1.94. The van der Waals surface area contributed by atoms with Crippen LogP contribution in [-0.4, -0.2) is 31.2 Å². The molecule has 0 saturated carbocycles. The van der Waals surface area contributed by atoms with E-state index in [2.05, 4.69) is 4.99 Å². The Morgan fingerprint density at radius 2 is 1.83 bits per heavy atom. The van der Waals surface area contributed by atoms with Gasteiger partial charge in [0, 0.05) is 6.21 Å². The Morgan fingerprint density at radius 3 is 2.52 bits per heavy atom. The quantitative estimate of drug-likeness (QED) is 0.625. The molecule has 2 aromatic carbocycles. The van der Waals surface area contributed by atoms with E-state index in [1.165, 1.54) is 7.11 Å². The lowest BCUT2D eigenvalue weighted by Crippen LogP contribution is -2.58. The van der Waals surface area contributed by atoms with Crippen molar-refractivity contribution in [2.75, 3.05) is 12.0 Å². The number of hydrogen-bond acceptors (Lipinski definition) is 5. The lowest BCUT2D eigenvalue weighted by atomic mass is 10.1. The fourth-order valence-corrected chi connectivity index (χ4v) is 2.68. The van der Waals surface area contributed by atoms with E-state index in [4.69, 9.17) is 4.74 Å². The van der Waals surface area contributed by atoms with Gasteiger partial charge in [-0.3, -0.25) is 19.9 Å². The molecule has 4 amide bonds. The highest BCUT2D eigenvalue weighted by Gasteiger charge is 2.41. The van der Waals surface area contributed by atoms with Gasteiger partial charge in [0.25, 0.3) is 5.91 Å². The van der Waals surface area contributed by atoms with Gasteiger partial charge in [-0.25, -0.2) is 9.69 Å². The summed E-state index contributed by atoms with van der Waals surface area (Å²) in [6, 6.07) is 9.11. The number of methoxy groups -OCH3 is 1. The number of barbiturate groups is 1. The molecule has 1 aliphatic rings. The Morgan fingerprint density at radius 1 is 1.10 bits per heavy atom. The van der Waals surface area contributed by atoms with Crippen LogP contribution in [0.4, 0.5) is 29.3 Å². The van der Waals surface area contributed by atoms with Crippen LogP contribution in [0, 0.1) is 5.92 Å². The summed E-state index contributed by atoms with van der Waals surface area (Å²) < 4.78 is 44.0. The first-order valence-electron chi connectivity index (χ1n) is 8.25. The molecule has 0 unspecified atom stereocenters. The van der Waals surface area contributed by atoms with Gasteiger partial charge in [0.05, 0.1) is 18.4 Å². The number of halogens is 3. The van der Waals surface area contributed by atoms with E-state index < -0.39 is 35.5 Å². The SMILES string of the molecule is COc1ccccc1N=C[C@H]1C(=O)NC(=O)N(c2cccc(C(F)(F)F)c2)C1=O. The standard InChI is InChI=1S/C19H14F3N3O4/c1-29-15-8-3-2-7-14(15)23-10-13-16(26)24-18(28)25(17(13)27)12-6-4-5-11(9-12)19(20,21)22/h2-10,13H,1H3,(H,24,26,28)/t13-/m0/s1. The summed E-state index contributed by atoms with van der Waals surface area (Å²) in [7, 11) is 1.42. The Hall–Kier alpha value is -3.69. The van der Waals surface area contributed by atoms with Crippen molar-refractivity contribution >= 4 is 35.4 Å². The number of imide groups is 2. The third kappa shape index (κ3) is 4.10. The lowest BCUT2D eigenvalue weighted by Gasteiger charge is -2.28. The van der Waals surface area contributed by atoms with Crippen LogP contribution >= 0.6 is 0 Å². The number of para-hydroxylation sites is 2. The zero-order chi connectivity index (χ0) is 21.2. The van der Waals surface area contributed by atoms with Crippen molar-refractivity contribution in [1.29, 1.82) is 0 Å². The van der Waals surface area contributed by atoms with Gasteiger partial charge in [-0.15, -0.1) is 0 Å². The second-order valence-electron chi connectivity index (χ2n) is 5.94. The third-order valence-corrected chi connectivity index (χ3v) is 4.08. The minimum Gasteiger partial charge on any atom is -0.494 e. The number of carbonyl (C=O) groups excluding carboxylic acids is 3. The zero-order valence-corrected chi connectivity index (χ0v) is 14.9. The highest BCUT2D eigenvalue weighted by molar-refractivity contribution is 6.32. The molecule has 0 aliphatic carbocycles. The molecule has 2 aromatic rings. The molecule has 1 aliphatic heterocycles. The summed E-state index contributed by atoms with van der Waals surface area (Å²) in [5.41, 5.74) is -1.02. The number of urea groups is 1. The molecule has 29 heavy (non-hydrogen) atoms. The van der Waals surface area contributed by atoms with Crippen molar-refractivity contribution in [3.05, 3.63) is 54.1 Å². The van der Waals surface area contributed by atoms with Crippen LogP contribution in [0.5, 0.6) is 5.75 Å². The number of nitrogens with zero attached hydrogens (tertiary/aromatic N) is 2. The molecule has 1 atom stereocenters. The first kappa shape index (κ1) is 20.1. The van der Waals surface area contributed by atoms with Crippen LogP contribution in [0.3, 0.4) is 0 Å². The van der Waals surface area contributed by atoms with Gasteiger partial charge in [-0.2, -0.15) is 13.2 Å². The zero-order valence-electron chi connectivity index (χ0n) is 14.9. The van der Waals surface area contributed by atoms with Crippen molar-refractivity contribution in [2.24, 2.45) is 10.9 Å². The maximum absolute atomic E-state index is 13.0. The summed E-state index contributed by atoms with van der Waals surface area (Å²) >= 11 is 0. The fraction of sp³-hybridized carbons (Fsp3) is 0.158. The molecule has 0 bridgehead atoms. The number of alkyl halides is 3. The summed E-state index contributed by atoms with van der Waals surface area (Å²) in [6.45, 7) is 0. The van der Waals surface area contributed by atoms with Crippen LogP contribution < -0.4 is 15.0 Å². The molecule has 0 radical (unpaired) electrons. The predicted octanol–water partition coefficient (Wildman–Crippen LogP) is 3.32. The van der Waals surface area contributed by atoms with Gasteiger partial charge in [0.1, 0.15) is 11.4 Å². The number of rotatable bonds is 4. The highest BCUT2D eigenvalue weighted by atomic mass is 19.4. The van der Waals surface area contributed by atoms with Gasteiger partial charge < -0.3 is 4.74 Å². The van der Waals surface area contributed by atoms with E-state index in [1.807, 2.05) is 5.32 Å². The normalized spacial score (nSPS) is 17.6. The molecule has 7 nitrogen and oxygen atoms in total. The van der Waals surface area contributed by atoms with Gasteiger partial charge in [-0.1, -0.05) is 18.2 Å². The van der Waals surface area contributed by atoms with Crippen LogP contribution in [0.25, 0.3) is 0 Å². The summed E-state index contributed by atoms with van der Waals surface area (Å²) in [5, 5.41) is 1.95. The topological polar surface area (TPSA) is 88.1 Å². The number of anilines is 1. The average molecular weight is 405 g/mol. The first-order chi connectivity index (χ1) is 13.7. The van der Waals surface area contributed by atoms with Gasteiger partial charge in [0.2, 0.25) is 5.91 Å². The van der Waals surface area contributed by atoms with Gasteiger partial charge in [-0.05, 0) is 30.3 Å². The number of ether oxygens (including phenoxy) is 1. The second-order valence-corrected chi connectivity index (χ2v) is 5.94. The summed E-state index contributed by atoms with van der Waals surface area (Å²) in [6.07, 6.45) is -3.64. The van der Waals surface area contributed by atoms with Crippen LogP contribution in [0.15, 0.2) is 53.5 Å². The third-order valence-electron chi connectivity index (χ3n) is 4.08. The van der Waals surface area contributed by atoms with Crippen molar-refractivity contribution in [2.45, 2.75) is 6.18 Å². The number of hydrogen-bond donors (Lipinski definition) is 1. The number of nitrogens with one attached hydrogen (secondary N) is 1. The van der Waals surface area contributed by atoms with E-state index in [-0.39, 0.29) is 5.69 Å². The van der Waals surface area contributed by atoms with Crippen molar-refractivity contribution in [3.8, 4) is 5.75 Å². The Labute approximate surface area is 162 Å². The molecule has 1 N–H and O–H groups in total. The minimum atomic E-state index is -4.66. The van der Waals surface area contributed by atoms with Crippen molar-refractivity contribution in [3.63, 3.8) is 0 Å². The summed E-state index contributed by atoms with van der Waals surface area (Å²) in [5.74, 6) is -3.07. The fourth-order valence-electron chi connectivity index (χ4n) is 2.68. The smallest absolute Gasteiger partial charge is 0.416 e. The molecule has 3 rings (SSSR count). The van der Waals surface area contributed by atoms with E-state index in [9.17, 15) is 27.6 Å². The molecule has 1 fully saturated rings. The maximum atomic E-state index is 13.0. The van der Waals surface area contributed by atoms with Crippen LogP contribution in [0.1, 0.15) is 5.56 Å². The first-order valence-corrected chi connectivity index (χ1v) is 8.25. The Kier molecular flexibility index (Phi) is 5.35. The molecule has 1 heterocycles. The molecule has 150 valence electrons. The van der Waals surface area contributed by atoms with E-state index >= 15 is 0 Å². The number of carbonyl (C=O) groups is 3. The second kappa shape index (κ2) is 7.74. The molecule has 0 spiro atoms. The number of benzene rings is 2. The molecular formula is C19H14F3N3O4. The van der Waals surface area contributed by atoms with Gasteiger partial charge in [0.15, 0.2) is 5.92 Å². The molecule has 0 aromatic heterocycles. The molecular weight excluding hydrogens is 391 g/mol. The van der Waals surface area contributed by atoms with Gasteiger partial charge >= 0.3 is 12.2 Å². The molecule has 10 heteroatoms. The number of aliphatic imine (C=N–C) groups is 1. The monoisotopic (exact) mass is 405 g/mol. The maximum Gasteiger partial charge on any atom is 0.416 e.